The quantitative estimate of drug-likeness (QED) is 0.611. The van der Waals surface area contributed by atoms with E-state index in [1.165, 1.54) is 23.1 Å². The van der Waals surface area contributed by atoms with Crippen molar-refractivity contribution in [2.45, 2.75) is 53.6 Å². The molecule has 1 aromatic rings. The molecule has 0 bridgehead atoms. The van der Waals surface area contributed by atoms with Gasteiger partial charge in [0.05, 0.1) is 12.7 Å². The fourth-order valence-corrected chi connectivity index (χ4v) is 3.20. The van der Waals surface area contributed by atoms with Crippen molar-refractivity contribution in [2.75, 3.05) is 6.61 Å². The summed E-state index contributed by atoms with van der Waals surface area (Å²) in [5.41, 5.74) is 4.39. The number of hydrogen-bond acceptors (Lipinski definition) is 1. The van der Waals surface area contributed by atoms with Crippen LogP contribution >= 0.6 is 0 Å². The van der Waals surface area contributed by atoms with Crippen LogP contribution in [0.5, 0.6) is 0 Å². The fraction of sp³-hybridized carbons (Fsp3) is 0.524. The van der Waals surface area contributed by atoms with Crippen molar-refractivity contribution in [3.8, 4) is 0 Å². The molecule has 22 heavy (non-hydrogen) atoms. The minimum atomic E-state index is 0.192. The maximum atomic E-state index is 6.28. The molecule has 0 N–H and O–H groups in total. The van der Waals surface area contributed by atoms with Crippen molar-refractivity contribution < 1.29 is 4.74 Å². The largest absolute Gasteiger partial charge is 0.372 e. The Hall–Kier alpha value is -1.34. The molecule has 0 aromatic heterocycles. The van der Waals surface area contributed by atoms with Crippen LogP contribution in [0.4, 0.5) is 0 Å². The van der Waals surface area contributed by atoms with Gasteiger partial charge in [-0.05, 0) is 44.6 Å². The summed E-state index contributed by atoms with van der Waals surface area (Å²) in [7, 11) is 0. The van der Waals surface area contributed by atoms with Gasteiger partial charge in [-0.2, -0.15) is 0 Å². The molecule has 0 aliphatic carbocycles. The van der Waals surface area contributed by atoms with E-state index in [1.54, 1.807) is 0 Å². The molecular formula is C21H30O. The van der Waals surface area contributed by atoms with Gasteiger partial charge in [0.15, 0.2) is 0 Å². The summed E-state index contributed by atoms with van der Waals surface area (Å²) < 4.78 is 6.28. The molecule has 1 heterocycles. The van der Waals surface area contributed by atoms with E-state index in [1.807, 2.05) is 0 Å². The van der Waals surface area contributed by atoms with Crippen LogP contribution in [0.25, 0.3) is 0 Å². The van der Waals surface area contributed by atoms with Gasteiger partial charge in [0, 0.05) is 5.92 Å². The number of ether oxygens (including phenoxy) is 1. The molecule has 1 nitrogen and oxygen atoms in total. The molecule has 1 aromatic carbocycles. The molecule has 1 heteroatoms. The van der Waals surface area contributed by atoms with Crippen LogP contribution in [0.2, 0.25) is 0 Å². The first-order valence-electron chi connectivity index (χ1n) is 8.35. The van der Waals surface area contributed by atoms with Crippen LogP contribution in [-0.4, -0.2) is 6.61 Å². The Kier molecular flexibility index (Phi) is 5.63. The maximum absolute atomic E-state index is 6.28. The third kappa shape index (κ3) is 4.58. The summed E-state index contributed by atoms with van der Waals surface area (Å²) >= 11 is 0. The Balaban J connectivity index is 2.23. The summed E-state index contributed by atoms with van der Waals surface area (Å²) in [5, 5.41) is 0. The highest BCUT2D eigenvalue weighted by Gasteiger charge is 2.37. The van der Waals surface area contributed by atoms with Gasteiger partial charge in [-0.3, -0.25) is 0 Å². The highest BCUT2D eigenvalue weighted by molar-refractivity contribution is 5.23. The third-order valence-electron chi connectivity index (χ3n) is 4.47. The van der Waals surface area contributed by atoms with E-state index in [2.05, 4.69) is 77.1 Å². The summed E-state index contributed by atoms with van der Waals surface area (Å²) in [6.45, 7) is 12.0. The molecule has 0 unspecified atom stereocenters. The number of benzene rings is 1. The molecule has 1 saturated heterocycles. The standard InChI is InChI=1S/C21H30O/c1-16(2)10-9-11-17(3)19-14-21(4,5)15-22-20(19)18-12-7-6-8-13-18/h6-8,10-13,19-20H,9,14-15H2,1-5H3/b17-11+/t19-,20-/m0/s1. The van der Waals surface area contributed by atoms with Crippen LogP contribution < -0.4 is 0 Å². The Morgan fingerprint density at radius 3 is 2.45 bits per heavy atom. The zero-order chi connectivity index (χ0) is 16.2. The van der Waals surface area contributed by atoms with Gasteiger partial charge < -0.3 is 4.74 Å². The maximum Gasteiger partial charge on any atom is 0.0890 e. The van der Waals surface area contributed by atoms with E-state index in [0.717, 1.165) is 13.0 Å². The molecule has 120 valence electrons. The smallest absolute Gasteiger partial charge is 0.0890 e. The van der Waals surface area contributed by atoms with Crippen molar-refractivity contribution in [2.24, 2.45) is 11.3 Å². The summed E-state index contributed by atoms with van der Waals surface area (Å²) in [6.07, 6.45) is 7.06. The third-order valence-corrected chi connectivity index (χ3v) is 4.47. The predicted molar refractivity (Wildman–Crippen MR) is 94.8 cm³/mol. The van der Waals surface area contributed by atoms with Gasteiger partial charge in [-0.15, -0.1) is 0 Å². The fourth-order valence-electron chi connectivity index (χ4n) is 3.20. The van der Waals surface area contributed by atoms with Gasteiger partial charge in [0.25, 0.3) is 0 Å². The first-order chi connectivity index (χ1) is 10.4. The zero-order valence-corrected chi connectivity index (χ0v) is 14.7. The molecule has 1 aliphatic heterocycles. The van der Waals surface area contributed by atoms with Crippen molar-refractivity contribution >= 4 is 0 Å². The van der Waals surface area contributed by atoms with Gasteiger partial charge >= 0.3 is 0 Å². The molecule has 2 rings (SSSR count). The molecule has 2 atom stereocenters. The Morgan fingerprint density at radius 2 is 1.82 bits per heavy atom. The highest BCUT2D eigenvalue weighted by Crippen LogP contribution is 2.44. The van der Waals surface area contributed by atoms with E-state index < -0.39 is 0 Å². The summed E-state index contributed by atoms with van der Waals surface area (Å²) in [5.74, 6) is 0.469. The van der Waals surface area contributed by atoms with Crippen LogP contribution in [0.15, 0.2) is 53.6 Å². The van der Waals surface area contributed by atoms with Crippen LogP contribution in [0.1, 0.15) is 59.1 Å². The lowest BCUT2D eigenvalue weighted by molar-refractivity contribution is -0.0782. The highest BCUT2D eigenvalue weighted by atomic mass is 16.5. The average molecular weight is 298 g/mol. The lowest BCUT2D eigenvalue weighted by Gasteiger charge is -2.41. The van der Waals surface area contributed by atoms with Crippen molar-refractivity contribution in [3.05, 3.63) is 59.2 Å². The molecule has 0 amide bonds. The van der Waals surface area contributed by atoms with E-state index in [0.29, 0.717) is 5.92 Å². The topological polar surface area (TPSA) is 9.23 Å². The number of rotatable bonds is 4. The molecule has 0 radical (unpaired) electrons. The molecule has 1 fully saturated rings. The zero-order valence-electron chi connectivity index (χ0n) is 14.7. The minimum Gasteiger partial charge on any atom is -0.372 e. The summed E-state index contributed by atoms with van der Waals surface area (Å²) in [4.78, 5) is 0. The Labute approximate surface area is 136 Å². The summed E-state index contributed by atoms with van der Waals surface area (Å²) in [6, 6.07) is 10.7. The monoisotopic (exact) mass is 298 g/mol. The predicted octanol–water partition coefficient (Wildman–Crippen LogP) is 6.09. The first-order valence-corrected chi connectivity index (χ1v) is 8.35. The van der Waals surface area contributed by atoms with Crippen LogP contribution in [0, 0.1) is 11.3 Å². The minimum absolute atomic E-state index is 0.192. The Morgan fingerprint density at radius 1 is 1.14 bits per heavy atom. The van der Waals surface area contributed by atoms with E-state index in [4.69, 9.17) is 4.74 Å². The van der Waals surface area contributed by atoms with Crippen LogP contribution in [-0.2, 0) is 4.74 Å². The second kappa shape index (κ2) is 7.28. The first kappa shape index (κ1) is 17.0. The van der Waals surface area contributed by atoms with Gasteiger partial charge in [-0.25, -0.2) is 0 Å². The van der Waals surface area contributed by atoms with Crippen molar-refractivity contribution in [1.29, 1.82) is 0 Å². The second-order valence-electron chi connectivity index (χ2n) is 7.58. The SMILES string of the molecule is CC(C)=CC/C=C(\C)[C@@H]1CC(C)(C)CO[C@H]1c1ccccc1. The normalized spacial score (nSPS) is 24.9. The van der Waals surface area contributed by atoms with Crippen molar-refractivity contribution in [3.63, 3.8) is 0 Å². The van der Waals surface area contributed by atoms with E-state index >= 15 is 0 Å². The van der Waals surface area contributed by atoms with Gasteiger partial charge in [-0.1, -0.05) is 67.5 Å². The van der Waals surface area contributed by atoms with Crippen molar-refractivity contribution in [1.82, 2.24) is 0 Å². The molecule has 0 saturated carbocycles. The number of hydrogen-bond donors (Lipinski definition) is 0. The van der Waals surface area contributed by atoms with E-state index in [-0.39, 0.29) is 11.5 Å². The molecule has 0 spiro atoms. The van der Waals surface area contributed by atoms with E-state index in [9.17, 15) is 0 Å². The van der Waals surface area contributed by atoms with Crippen LogP contribution in [0.3, 0.4) is 0 Å². The lowest BCUT2D eigenvalue weighted by Crippen LogP contribution is -2.35. The lowest BCUT2D eigenvalue weighted by atomic mass is 9.74. The van der Waals surface area contributed by atoms with Gasteiger partial charge in [0.1, 0.15) is 0 Å². The average Bonchev–Trinajstić information content (AvgIpc) is 2.46. The second-order valence-corrected chi connectivity index (χ2v) is 7.58. The number of allylic oxidation sites excluding steroid dienone is 3. The molecule has 1 aliphatic rings. The van der Waals surface area contributed by atoms with Gasteiger partial charge in [0.2, 0.25) is 0 Å². The Bertz CT molecular complexity index is 532. The molecular weight excluding hydrogens is 268 g/mol.